The molecule has 0 radical (unpaired) electrons. The number of aliphatic carboxylic acids is 2. The van der Waals surface area contributed by atoms with E-state index >= 15 is 0 Å². The van der Waals surface area contributed by atoms with Gasteiger partial charge in [0.2, 0.25) is 0 Å². The van der Waals surface area contributed by atoms with Crippen LogP contribution in [-0.2, 0) is 9.59 Å². The van der Waals surface area contributed by atoms with Crippen LogP contribution in [0.1, 0.15) is 45.0 Å². The van der Waals surface area contributed by atoms with Crippen molar-refractivity contribution in [2.45, 2.75) is 25.7 Å². The molecule has 4 rings (SSSR count). The van der Waals surface area contributed by atoms with E-state index in [0.29, 0.717) is 21.3 Å². The van der Waals surface area contributed by atoms with E-state index in [9.17, 15) is 24.1 Å². The summed E-state index contributed by atoms with van der Waals surface area (Å²) >= 11 is 2.43. The topological polar surface area (TPSA) is 147 Å². The van der Waals surface area contributed by atoms with Gasteiger partial charge in [-0.25, -0.2) is 0 Å². The Bertz CT molecular complexity index is 1360. The van der Waals surface area contributed by atoms with Gasteiger partial charge in [0, 0.05) is 22.2 Å². The molecule has 0 saturated heterocycles. The van der Waals surface area contributed by atoms with E-state index in [1.807, 2.05) is 0 Å². The first-order chi connectivity index (χ1) is 17.2. The lowest BCUT2D eigenvalue weighted by atomic mass is 10.1. The molecule has 3 N–H and O–H groups in total. The number of benzene rings is 2. The fraction of sp³-hybridized carbons (Fsp3) is 0.167. The number of hydrogen-bond acceptors (Lipinski definition) is 9. The van der Waals surface area contributed by atoms with Crippen LogP contribution in [0.15, 0.2) is 48.5 Å². The maximum absolute atomic E-state index is 12.2. The number of hydrogen-bond donors (Lipinski definition) is 3. The first-order valence-corrected chi connectivity index (χ1v) is 13.4. The van der Waals surface area contributed by atoms with Crippen molar-refractivity contribution in [3.63, 3.8) is 0 Å². The van der Waals surface area contributed by atoms with E-state index in [0.717, 1.165) is 20.2 Å². The molecule has 0 unspecified atom stereocenters. The lowest BCUT2D eigenvalue weighted by molar-refractivity contribution is -0.137. The highest BCUT2D eigenvalue weighted by atomic mass is 32.1. The van der Waals surface area contributed by atoms with Crippen LogP contribution in [0.5, 0.6) is 11.5 Å². The Balaban J connectivity index is 1.40. The van der Waals surface area contributed by atoms with Crippen molar-refractivity contribution < 1.29 is 43.3 Å². The van der Waals surface area contributed by atoms with Gasteiger partial charge in [-0.3, -0.25) is 19.2 Å². The highest BCUT2D eigenvalue weighted by molar-refractivity contribution is 7.41. The number of ketones is 2. The lowest BCUT2D eigenvalue weighted by Crippen LogP contribution is -2.01. The highest BCUT2D eigenvalue weighted by Gasteiger charge is 2.17. The summed E-state index contributed by atoms with van der Waals surface area (Å²) in [5, 5.41) is 19.1. The van der Waals surface area contributed by atoms with E-state index < -0.39 is 20.5 Å². The summed E-state index contributed by atoms with van der Waals surface area (Å²) in [6.07, 6.45) is -0.609. The molecule has 0 atom stereocenters. The number of rotatable bonds is 12. The van der Waals surface area contributed by atoms with Gasteiger partial charge >= 0.3 is 20.5 Å². The van der Waals surface area contributed by atoms with Crippen LogP contribution < -0.4 is 9.05 Å². The fourth-order valence-electron chi connectivity index (χ4n) is 3.30. The maximum atomic E-state index is 12.2. The largest absolute Gasteiger partial charge is 0.481 e. The van der Waals surface area contributed by atoms with Gasteiger partial charge in [0.1, 0.15) is 11.5 Å². The van der Waals surface area contributed by atoms with Crippen LogP contribution in [0.4, 0.5) is 0 Å². The number of fused-ring (bicyclic) bond motifs is 2. The lowest BCUT2D eigenvalue weighted by Gasteiger charge is -2.12. The van der Waals surface area contributed by atoms with Crippen LogP contribution in [0.3, 0.4) is 0 Å². The molecule has 0 aliphatic carbocycles. The molecule has 12 heteroatoms. The Hall–Kier alpha value is -3.37. The second-order valence-corrected chi connectivity index (χ2v) is 10.7. The molecule has 36 heavy (non-hydrogen) atoms. The normalized spacial score (nSPS) is 11.2. The second kappa shape index (κ2) is 11.1. The summed E-state index contributed by atoms with van der Waals surface area (Å²) in [5.41, 5.74) is 0. The zero-order valence-electron chi connectivity index (χ0n) is 18.5. The van der Waals surface area contributed by atoms with E-state index in [1.54, 1.807) is 48.5 Å². The molecule has 0 aliphatic heterocycles. The Kier molecular flexibility index (Phi) is 7.95. The molecule has 0 bridgehead atoms. The monoisotopic (exact) mass is 546 g/mol. The van der Waals surface area contributed by atoms with Gasteiger partial charge in [0.15, 0.2) is 11.6 Å². The fourth-order valence-corrected chi connectivity index (χ4v) is 6.04. The standard InChI is InChI=1S/C24H19O9PS2/c25-17(5-7-23(27)28)21-9-13-1-3-15(11-19(13)35-21)32-34(31)33-16-4-2-14-10-22(36-20(14)12-16)18(26)6-8-24(29)30/h1-4,9-12,31H,5-8H2,(H,27,28)(H,29,30). The predicted octanol–water partition coefficient (Wildman–Crippen LogP) is 5.89. The first kappa shape index (κ1) is 25.7. The molecular formula is C24H19O9PS2. The third-order valence-corrected chi connectivity index (χ3v) is 8.04. The van der Waals surface area contributed by atoms with Crippen molar-refractivity contribution >= 4 is 75.0 Å². The number of carbonyl (C=O) groups is 4. The molecule has 0 spiro atoms. The molecule has 2 aromatic carbocycles. The van der Waals surface area contributed by atoms with Gasteiger partial charge < -0.3 is 24.2 Å². The van der Waals surface area contributed by atoms with Gasteiger partial charge in [-0.15, -0.1) is 22.7 Å². The zero-order valence-corrected chi connectivity index (χ0v) is 21.0. The SMILES string of the molecule is O=C(O)CCC(=O)c1cc2ccc(OP(O)Oc3ccc4cc(C(=O)CCC(=O)O)sc4c3)cc2s1. The Morgan fingerprint density at radius 2 is 1.08 bits per heavy atom. The molecule has 0 aliphatic rings. The third-order valence-electron chi connectivity index (χ3n) is 5.03. The van der Waals surface area contributed by atoms with Crippen LogP contribution in [0.2, 0.25) is 0 Å². The van der Waals surface area contributed by atoms with Crippen LogP contribution >= 0.6 is 31.3 Å². The number of carbonyl (C=O) groups excluding carboxylic acids is 2. The maximum Gasteiger partial charge on any atom is 0.460 e. The molecule has 0 saturated carbocycles. The third kappa shape index (κ3) is 6.44. The number of carboxylic acids is 2. The summed E-state index contributed by atoms with van der Waals surface area (Å²) in [7, 11) is -2.34. The van der Waals surface area contributed by atoms with Crippen LogP contribution in [-0.4, -0.2) is 38.6 Å². The molecule has 2 aromatic heterocycles. The molecule has 0 amide bonds. The minimum atomic E-state index is -2.34. The molecule has 2 heterocycles. The van der Waals surface area contributed by atoms with Crippen molar-refractivity contribution in [2.75, 3.05) is 0 Å². The first-order valence-electron chi connectivity index (χ1n) is 10.6. The zero-order chi connectivity index (χ0) is 25.8. The van der Waals surface area contributed by atoms with Crippen molar-refractivity contribution in [1.82, 2.24) is 0 Å². The number of thiophene rings is 2. The smallest absolute Gasteiger partial charge is 0.460 e. The van der Waals surface area contributed by atoms with E-state index in [4.69, 9.17) is 19.3 Å². The summed E-state index contributed by atoms with van der Waals surface area (Å²) in [6, 6.07) is 13.5. The van der Waals surface area contributed by atoms with Gasteiger partial charge in [-0.2, -0.15) is 0 Å². The molecule has 0 fully saturated rings. The Labute approximate surface area is 213 Å². The van der Waals surface area contributed by atoms with Gasteiger partial charge in [0.25, 0.3) is 0 Å². The summed E-state index contributed by atoms with van der Waals surface area (Å²) in [4.78, 5) is 57.0. The average molecular weight is 547 g/mol. The molecule has 186 valence electrons. The number of Topliss-reactive ketones (excluding diaryl/α,β-unsaturated/α-hetero) is 2. The van der Waals surface area contributed by atoms with Crippen LogP contribution in [0.25, 0.3) is 20.2 Å². The van der Waals surface area contributed by atoms with Crippen molar-refractivity contribution in [3.8, 4) is 11.5 Å². The predicted molar refractivity (Wildman–Crippen MR) is 136 cm³/mol. The summed E-state index contributed by atoms with van der Waals surface area (Å²) in [6.45, 7) is 0. The van der Waals surface area contributed by atoms with Gasteiger partial charge in [-0.1, -0.05) is 0 Å². The van der Waals surface area contributed by atoms with Crippen molar-refractivity contribution in [3.05, 3.63) is 58.3 Å². The number of carboxylic acid groups (broad SMARTS) is 2. The van der Waals surface area contributed by atoms with Gasteiger partial charge in [-0.05, 0) is 59.3 Å². The van der Waals surface area contributed by atoms with Crippen LogP contribution in [0, 0.1) is 0 Å². The minimum absolute atomic E-state index is 0.0755. The Morgan fingerprint density at radius 3 is 1.47 bits per heavy atom. The van der Waals surface area contributed by atoms with Crippen molar-refractivity contribution in [1.29, 1.82) is 0 Å². The van der Waals surface area contributed by atoms with E-state index in [-0.39, 0.29) is 37.2 Å². The average Bonchev–Trinajstić information content (AvgIpc) is 3.44. The van der Waals surface area contributed by atoms with Crippen molar-refractivity contribution in [2.24, 2.45) is 0 Å². The second-order valence-electron chi connectivity index (χ2n) is 7.67. The quantitative estimate of drug-likeness (QED) is 0.146. The molecule has 4 aromatic rings. The molecule has 9 nitrogen and oxygen atoms in total. The van der Waals surface area contributed by atoms with E-state index in [2.05, 4.69) is 0 Å². The summed E-state index contributed by atoms with van der Waals surface area (Å²) < 4.78 is 12.5. The minimum Gasteiger partial charge on any atom is -0.481 e. The Morgan fingerprint density at radius 1 is 0.667 bits per heavy atom. The summed E-state index contributed by atoms with van der Waals surface area (Å²) in [5.74, 6) is -1.87. The van der Waals surface area contributed by atoms with Gasteiger partial charge in [0.05, 0.1) is 22.6 Å². The highest BCUT2D eigenvalue weighted by Crippen LogP contribution is 2.40. The van der Waals surface area contributed by atoms with E-state index in [1.165, 1.54) is 22.7 Å². The molecular weight excluding hydrogens is 527 g/mol.